The van der Waals surface area contributed by atoms with E-state index in [2.05, 4.69) is 18.2 Å². The number of carboxylic acids is 1. The minimum absolute atomic E-state index is 0.198. The number of hydrogen-bond acceptors (Lipinski definition) is 4. The molecule has 0 fully saturated rings. The fourth-order valence-electron chi connectivity index (χ4n) is 3.10. The molecule has 162 valence electrons. The van der Waals surface area contributed by atoms with Gasteiger partial charge >= 0.3 is 17.9 Å². The molecule has 0 aromatic carbocycles. The highest BCUT2D eigenvalue weighted by atomic mass is 16.6. The van der Waals surface area contributed by atoms with E-state index < -0.39 is 24.3 Å². The average molecular weight is 397 g/mol. The summed E-state index contributed by atoms with van der Waals surface area (Å²) in [6.45, 7) is 5.49. The van der Waals surface area contributed by atoms with Crippen molar-refractivity contribution in [3.05, 3.63) is 12.2 Å². The molecule has 0 amide bonds. The van der Waals surface area contributed by atoms with Crippen LogP contribution >= 0.6 is 0 Å². The zero-order valence-electron chi connectivity index (χ0n) is 17.8. The van der Waals surface area contributed by atoms with Gasteiger partial charge in [0.1, 0.15) is 0 Å². The molecule has 0 saturated carbocycles. The van der Waals surface area contributed by atoms with Crippen molar-refractivity contribution in [1.29, 1.82) is 0 Å². The Labute approximate surface area is 170 Å². The Morgan fingerprint density at radius 3 is 1.46 bits per heavy atom. The Morgan fingerprint density at radius 1 is 0.679 bits per heavy atom. The summed E-state index contributed by atoms with van der Waals surface area (Å²) in [5.74, 6) is -2.69. The molecule has 0 radical (unpaired) electrons. The van der Waals surface area contributed by atoms with E-state index >= 15 is 0 Å². The van der Waals surface area contributed by atoms with Crippen molar-refractivity contribution in [2.75, 3.05) is 0 Å². The van der Waals surface area contributed by atoms with Crippen LogP contribution in [0.2, 0.25) is 0 Å². The Kier molecular flexibility index (Phi) is 17.6. The van der Waals surface area contributed by atoms with Crippen molar-refractivity contribution in [3.8, 4) is 0 Å². The maximum atomic E-state index is 11.5. The maximum Gasteiger partial charge on any atom is 0.331 e. The van der Waals surface area contributed by atoms with Gasteiger partial charge in [0.2, 0.25) is 0 Å². The molecule has 0 unspecified atom stereocenters. The van der Waals surface area contributed by atoms with Crippen LogP contribution in [0.5, 0.6) is 0 Å². The van der Waals surface area contributed by atoms with Gasteiger partial charge in [-0.1, -0.05) is 103 Å². The zero-order chi connectivity index (χ0) is 21.0. The Bertz CT molecular complexity index is 456. The summed E-state index contributed by atoms with van der Waals surface area (Å²) in [5.41, 5.74) is -0.273. The van der Waals surface area contributed by atoms with E-state index in [4.69, 9.17) is 5.11 Å². The summed E-state index contributed by atoms with van der Waals surface area (Å²) in [5, 5.41) is 8.62. The Hall–Kier alpha value is -1.65. The van der Waals surface area contributed by atoms with Crippen LogP contribution in [0.15, 0.2) is 12.2 Å². The number of ether oxygens (including phenoxy) is 1. The van der Waals surface area contributed by atoms with Gasteiger partial charge in [0, 0.05) is 12.0 Å². The van der Waals surface area contributed by atoms with E-state index in [0.717, 1.165) is 12.8 Å². The van der Waals surface area contributed by atoms with Gasteiger partial charge in [0.15, 0.2) is 0 Å². The molecule has 0 rings (SSSR count). The summed E-state index contributed by atoms with van der Waals surface area (Å²) < 4.78 is 4.59. The molecule has 1 N–H and O–H groups in total. The molecule has 0 saturated heterocycles. The molecule has 28 heavy (non-hydrogen) atoms. The number of unbranched alkanes of at least 4 members (excludes halogenated alkanes) is 14. The summed E-state index contributed by atoms with van der Waals surface area (Å²) >= 11 is 0. The minimum Gasteiger partial charge on any atom is -0.478 e. The van der Waals surface area contributed by atoms with Crippen molar-refractivity contribution >= 4 is 17.9 Å². The highest BCUT2D eigenvalue weighted by Gasteiger charge is 2.14. The molecule has 0 atom stereocenters. The summed E-state index contributed by atoms with van der Waals surface area (Å²) in [6, 6.07) is 0. The van der Waals surface area contributed by atoms with Crippen LogP contribution in [0.1, 0.15) is 116 Å². The van der Waals surface area contributed by atoms with Crippen molar-refractivity contribution in [3.63, 3.8) is 0 Å². The first-order valence-electron chi connectivity index (χ1n) is 11.1. The minimum atomic E-state index is -1.26. The maximum absolute atomic E-state index is 11.5. The van der Waals surface area contributed by atoms with E-state index in [1.54, 1.807) is 0 Å². The normalized spacial score (nSPS) is 10.6. The third-order valence-corrected chi connectivity index (χ3v) is 4.87. The predicted octanol–water partition coefficient (Wildman–Crippen LogP) is 6.35. The second kappa shape index (κ2) is 18.7. The van der Waals surface area contributed by atoms with Crippen molar-refractivity contribution in [1.82, 2.24) is 0 Å². The first kappa shape index (κ1) is 26.4. The lowest BCUT2D eigenvalue weighted by molar-refractivity contribution is -0.159. The van der Waals surface area contributed by atoms with Crippen molar-refractivity contribution < 1.29 is 24.2 Å². The third-order valence-electron chi connectivity index (χ3n) is 4.87. The molecule has 0 heterocycles. The van der Waals surface area contributed by atoms with Crippen molar-refractivity contribution in [2.45, 2.75) is 116 Å². The molecule has 0 aromatic rings. The van der Waals surface area contributed by atoms with Crippen LogP contribution in [0, 0.1) is 0 Å². The highest BCUT2D eigenvalue weighted by Crippen LogP contribution is 2.14. The van der Waals surface area contributed by atoms with Gasteiger partial charge in [-0.3, -0.25) is 9.59 Å². The van der Waals surface area contributed by atoms with Gasteiger partial charge < -0.3 is 9.84 Å². The SMILES string of the molecule is C=C(CC(=O)OC(=O)CCCCCCCCCCCCCCCCC)C(=O)O. The van der Waals surface area contributed by atoms with E-state index in [1.807, 2.05) is 0 Å². The topological polar surface area (TPSA) is 80.7 Å². The van der Waals surface area contributed by atoms with Crippen LogP contribution in [0.3, 0.4) is 0 Å². The van der Waals surface area contributed by atoms with E-state index in [9.17, 15) is 14.4 Å². The number of carbonyl (C=O) groups is 3. The second-order valence-corrected chi connectivity index (χ2v) is 7.63. The third kappa shape index (κ3) is 17.7. The quantitative estimate of drug-likeness (QED) is 0.119. The lowest BCUT2D eigenvalue weighted by atomic mass is 10.0. The van der Waals surface area contributed by atoms with Crippen LogP contribution in [0.25, 0.3) is 0 Å². The van der Waals surface area contributed by atoms with E-state index in [-0.39, 0.29) is 12.0 Å². The number of esters is 2. The summed E-state index contributed by atoms with van der Waals surface area (Å²) in [7, 11) is 0. The van der Waals surface area contributed by atoms with Gasteiger partial charge in [0.25, 0.3) is 0 Å². The molecular weight excluding hydrogens is 356 g/mol. The standard InChI is InChI=1S/C23H40O5/c1-3-4-5-6-7-8-9-10-11-12-13-14-15-16-17-18-21(24)28-22(25)19-20(2)23(26)27/h2-19H2,1H3,(H,26,27). The number of aliphatic carboxylic acids is 1. The molecule has 0 spiro atoms. The molecule has 5 heteroatoms. The Morgan fingerprint density at radius 2 is 1.07 bits per heavy atom. The number of carbonyl (C=O) groups excluding carboxylic acids is 2. The van der Waals surface area contributed by atoms with Crippen LogP contribution < -0.4 is 0 Å². The molecule has 0 aromatic heterocycles. The molecule has 5 nitrogen and oxygen atoms in total. The van der Waals surface area contributed by atoms with Crippen LogP contribution in [0.4, 0.5) is 0 Å². The van der Waals surface area contributed by atoms with Gasteiger partial charge in [-0.25, -0.2) is 4.79 Å². The number of hydrogen-bond donors (Lipinski definition) is 1. The molecule has 0 aliphatic carbocycles. The van der Waals surface area contributed by atoms with Crippen molar-refractivity contribution in [2.24, 2.45) is 0 Å². The van der Waals surface area contributed by atoms with Crippen LogP contribution in [-0.4, -0.2) is 23.0 Å². The monoisotopic (exact) mass is 396 g/mol. The summed E-state index contributed by atoms with van der Waals surface area (Å²) in [4.78, 5) is 33.4. The number of rotatable bonds is 19. The largest absolute Gasteiger partial charge is 0.478 e. The van der Waals surface area contributed by atoms with Gasteiger partial charge in [-0.2, -0.15) is 0 Å². The lowest BCUT2D eigenvalue weighted by Gasteiger charge is -2.04. The van der Waals surface area contributed by atoms with Crippen LogP contribution in [-0.2, 0) is 19.1 Å². The zero-order valence-corrected chi connectivity index (χ0v) is 17.8. The molecule has 0 bridgehead atoms. The average Bonchev–Trinajstić information content (AvgIpc) is 2.64. The van der Waals surface area contributed by atoms with Gasteiger partial charge in [-0.05, 0) is 6.42 Å². The van der Waals surface area contributed by atoms with Gasteiger partial charge in [-0.15, -0.1) is 0 Å². The first-order chi connectivity index (χ1) is 13.5. The fraction of sp³-hybridized carbons (Fsp3) is 0.783. The number of carboxylic acid groups (broad SMARTS) is 1. The Balaban J connectivity index is 3.34. The fourth-order valence-corrected chi connectivity index (χ4v) is 3.10. The predicted molar refractivity (Wildman–Crippen MR) is 112 cm³/mol. The first-order valence-corrected chi connectivity index (χ1v) is 11.1. The molecular formula is C23H40O5. The van der Waals surface area contributed by atoms with Gasteiger partial charge in [0.05, 0.1) is 6.42 Å². The molecule has 0 aliphatic heterocycles. The smallest absolute Gasteiger partial charge is 0.331 e. The van der Waals surface area contributed by atoms with E-state index in [0.29, 0.717) is 6.42 Å². The molecule has 0 aliphatic rings. The lowest BCUT2D eigenvalue weighted by Crippen LogP contribution is -2.14. The van der Waals surface area contributed by atoms with E-state index in [1.165, 1.54) is 77.0 Å². The second-order valence-electron chi connectivity index (χ2n) is 7.63. The highest BCUT2D eigenvalue weighted by molar-refractivity contribution is 5.94. The summed E-state index contributed by atoms with van der Waals surface area (Å²) in [6.07, 6.45) is 18.5.